The molecule has 1 heterocycles. The number of nitrogens with one attached hydrogen (secondary N) is 1. The van der Waals surface area contributed by atoms with Crippen molar-refractivity contribution >= 4 is 0 Å². The quantitative estimate of drug-likeness (QED) is 0.598. The fourth-order valence-corrected chi connectivity index (χ4v) is 1.82. The molecule has 0 radical (unpaired) electrons. The molecule has 0 spiro atoms. The summed E-state index contributed by atoms with van der Waals surface area (Å²) in [5.74, 6) is 0. The van der Waals surface area contributed by atoms with Gasteiger partial charge in [-0.25, -0.2) is 0 Å². The van der Waals surface area contributed by atoms with E-state index in [1.807, 2.05) is 0 Å². The van der Waals surface area contributed by atoms with Crippen LogP contribution in [0, 0.1) is 5.41 Å². The van der Waals surface area contributed by atoms with E-state index in [4.69, 9.17) is 0 Å². The third kappa shape index (κ3) is 1.42. The van der Waals surface area contributed by atoms with Crippen molar-refractivity contribution in [3.05, 3.63) is 0 Å². The van der Waals surface area contributed by atoms with Gasteiger partial charge in [0.05, 0.1) is 6.61 Å². The monoisotopic (exact) mass is 157 g/mol. The molecule has 1 unspecified atom stereocenters. The molecule has 1 atom stereocenters. The minimum Gasteiger partial charge on any atom is -0.394 e. The maximum atomic E-state index is 9.29. The second kappa shape index (κ2) is 2.76. The van der Waals surface area contributed by atoms with Crippen LogP contribution in [0.5, 0.6) is 0 Å². The van der Waals surface area contributed by atoms with Crippen molar-refractivity contribution < 1.29 is 5.11 Å². The molecule has 2 nitrogen and oxygen atoms in total. The predicted molar refractivity (Wildman–Crippen MR) is 46.5 cm³/mol. The van der Waals surface area contributed by atoms with Crippen molar-refractivity contribution in [2.75, 3.05) is 13.2 Å². The molecule has 0 aromatic carbocycles. The van der Waals surface area contributed by atoms with Crippen LogP contribution in [0.3, 0.4) is 0 Å². The normalized spacial score (nSPS) is 32.7. The van der Waals surface area contributed by atoms with Crippen LogP contribution < -0.4 is 5.32 Å². The van der Waals surface area contributed by atoms with E-state index in [0.717, 1.165) is 13.0 Å². The molecular weight excluding hydrogens is 138 g/mol. The molecule has 1 aliphatic heterocycles. The maximum Gasteiger partial charge on any atom is 0.0618 e. The summed E-state index contributed by atoms with van der Waals surface area (Å²) < 4.78 is 0. The summed E-state index contributed by atoms with van der Waals surface area (Å²) in [7, 11) is 0. The van der Waals surface area contributed by atoms with Gasteiger partial charge in [0.25, 0.3) is 0 Å². The number of aliphatic hydroxyl groups excluding tert-OH is 1. The molecule has 2 N–H and O–H groups in total. The highest BCUT2D eigenvalue weighted by Gasteiger charge is 2.43. The molecular formula is C9H19NO. The topological polar surface area (TPSA) is 32.3 Å². The van der Waals surface area contributed by atoms with Gasteiger partial charge >= 0.3 is 0 Å². The molecule has 1 fully saturated rings. The Morgan fingerprint density at radius 3 is 2.27 bits per heavy atom. The maximum absolute atomic E-state index is 9.29. The van der Waals surface area contributed by atoms with Crippen molar-refractivity contribution in [2.24, 2.45) is 5.41 Å². The Hall–Kier alpha value is -0.0800. The third-order valence-electron chi connectivity index (χ3n) is 2.95. The van der Waals surface area contributed by atoms with Gasteiger partial charge in [-0.05, 0) is 24.8 Å². The van der Waals surface area contributed by atoms with Crippen molar-refractivity contribution in [2.45, 2.75) is 39.2 Å². The van der Waals surface area contributed by atoms with E-state index >= 15 is 0 Å². The van der Waals surface area contributed by atoms with Gasteiger partial charge < -0.3 is 10.4 Å². The van der Waals surface area contributed by atoms with Gasteiger partial charge in [-0.1, -0.05) is 20.8 Å². The van der Waals surface area contributed by atoms with Crippen LogP contribution in [0.2, 0.25) is 0 Å². The zero-order valence-electron chi connectivity index (χ0n) is 7.78. The first kappa shape index (κ1) is 9.01. The van der Waals surface area contributed by atoms with E-state index in [-0.39, 0.29) is 17.6 Å². The third-order valence-corrected chi connectivity index (χ3v) is 2.95. The van der Waals surface area contributed by atoms with E-state index in [1.165, 1.54) is 6.42 Å². The van der Waals surface area contributed by atoms with Crippen LogP contribution in [0.25, 0.3) is 0 Å². The van der Waals surface area contributed by atoms with Crippen LogP contribution in [0.15, 0.2) is 0 Å². The van der Waals surface area contributed by atoms with E-state index in [9.17, 15) is 5.11 Å². The predicted octanol–water partition coefficient (Wildman–Crippen LogP) is 1.15. The summed E-state index contributed by atoms with van der Waals surface area (Å²) in [4.78, 5) is 0. The van der Waals surface area contributed by atoms with Crippen LogP contribution in [-0.2, 0) is 0 Å². The highest BCUT2D eigenvalue weighted by atomic mass is 16.3. The fourth-order valence-electron chi connectivity index (χ4n) is 1.82. The Morgan fingerprint density at radius 1 is 1.45 bits per heavy atom. The average molecular weight is 157 g/mol. The molecule has 2 heteroatoms. The smallest absolute Gasteiger partial charge is 0.0618 e. The van der Waals surface area contributed by atoms with Gasteiger partial charge in [0.15, 0.2) is 0 Å². The number of hydrogen-bond donors (Lipinski definition) is 2. The Morgan fingerprint density at radius 2 is 2.09 bits per heavy atom. The molecule has 66 valence electrons. The molecule has 0 bridgehead atoms. The lowest BCUT2D eigenvalue weighted by molar-refractivity contribution is 0.0772. The SMILES string of the molecule is CC(C)(C)C1(CO)CCCN1. The van der Waals surface area contributed by atoms with Crippen LogP contribution in [0.1, 0.15) is 33.6 Å². The van der Waals surface area contributed by atoms with Crippen molar-refractivity contribution in [1.29, 1.82) is 0 Å². The second-order valence-electron chi connectivity index (χ2n) is 4.52. The molecule has 11 heavy (non-hydrogen) atoms. The first-order valence-electron chi connectivity index (χ1n) is 4.38. The Kier molecular flexibility index (Phi) is 2.26. The van der Waals surface area contributed by atoms with Gasteiger partial charge in [-0.15, -0.1) is 0 Å². The summed E-state index contributed by atoms with van der Waals surface area (Å²) in [5.41, 5.74) is 0.144. The van der Waals surface area contributed by atoms with E-state index < -0.39 is 0 Å². The minimum absolute atomic E-state index is 0.0208. The lowest BCUT2D eigenvalue weighted by Gasteiger charge is -2.40. The van der Waals surface area contributed by atoms with Gasteiger partial charge in [-0.2, -0.15) is 0 Å². The minimum atomic E-state index is -0.0208. The lowest BCUT2D eigenvalue weighted by atomic mass is 9.73. The Balaban J connectivity index is 2.75. The van der Waals surface area contributed by atoms with Crippen LogP contribution >= 0.6 is 0 Å². The number of aliphatic hydroxyl groups is 1. The van der Waals surface area contributed by atoms with Gasteiger partial charge in [0.2, 0.25) is 0 Å². The standard InChI is InChI=1S/C9H19NO/c1-8(2,3)9(7-11)5-4-6-10-9/h10-11H,4-7H2,1-3H3. The highest BCUT2D eigenvalue weighted by Crippen LogP contribution is 2.36. The molecule has 1 rings (SSSR count). The molecule has 0 amide bonds. The van der Waals surface area contributed by atoms with E-state index in [2.05, 4.69) is 26.1 Å². The molecule has 0 aromatic heterocycles. The zero-order chi connectivity index (χ0) is 8.54. The van der Waals surface area contributed by atoms with E-state index in [0.29, 0.717) is 0 Å². The molecule has 0 saturated carbocycles. The zero-order valence-corrected chi connectivity index (χ0v) is 7.78. The second-order valence-corrected chi connectivity index (χ2v) is 4.52. The Bertz CT molecular complexity index is 131. The fraction of sp³-hybridized carbons (Fsp3) is 1.00. The number of hydrogen-bond acceptors (Lipinski definition) is 2. The van der Waals surface area contributed by atoms with Gasteiger partial charge in [-0.3, -0.25) is 0 Å². The van der Waals surface area contributed by atoms with E-state index in [1.54, 1.807) is 0 Å². The highest BCUT2D eigenvalue weighted by molar-refractivity contribution is 5.01. The Labute approximate surface area is 69.0 Å². The van der Waals surface area contributed by atoms with Crippen molar-refractivity contribution in [3.63, 3.8) is 0 Å². The van der Waals surface area contributed by atoms with Gasteiger partial charge in [0, 0.05) is 5.54 Å². The first-order valence-corrected chi connectivity index (χ1v) is 4.38. The largest absolute Gasteiger partial charge is 0.394 e. The first-order chi connectivity index (χ1) is 5.02. The summed E-state index contributed by atoms with van der Waals surface area (Å²) in [6.07, 6.45) is 2.30. The molecule has 1 saturated heterocycles. The van der Waals surface area contributed by atoms with Crippen LogP contribution in [-0.4, -0.2) is 23.8 Å². The van der Waals surface area contributed by atoms with Crippen LogP contribution in [0.4, 0.5) is 0 Å². The molecule has 0 aromatic rings. The van der Waals surface area contributed by atoms with Gasteiger partial charge in [0.1, 0.15) is 0 Å². The number of rotatable bonds is 1. The lowest BCUT2D eigenvalue weighted by Crippen LogP contribution is -2.53. The average Bonchev–Trinajstić information content (AvgIpc) is 2.33. The summed E-state index contributed by atoms with van der Waals surface area (Å²) in [6, 6.07) is 0. The molecule has 1 aliphatic rings. The molecule has 0 aliphatic carbocycles. The summed E-state index contributed by atoms with van der Waals surface area (Å²) >= 11 is 0. The summed E-state index contributed by atoms with van der Waals surface area (Å²) in [5, 5.41) is 12.7. The van der Waals surface area contributed by atoms with Crippen molar-refractivity contribution in [1.82, 2.24) is 5.32 Å². The summed E-state index contributed by atoms with van der Waals surface area (Å²) in [6.45, 7) is 7.86. The van der Waals surface area contributed by atoms with Crippen molar-refractivity contribution in [3.8, 4) is 0 Å².